The first kappa shape index (κ1) is 45.5. The second kappa shape index (κ2) is 23.3. The molecule has 0 atom stereocenters. The number of amides is 4. The van der Waals surface area contributed by atoms with E-state index in [2.05, 4.69) is 52.1 Å². The van der Waals surface area contributed by atoms with Crippen molar-refractivity contribution in [1.82, 2.24) is 20.8 Å². The van der Waals surface area contributed by atoms with Crippen LogP contribution in [0.25, 0.3) is 21.8 Å². The number of halogens is 4. The van der Waals surface area contributed by atoms with E-state index in [9.17, 15) is 9.59 Å². The van der Waals surface area contributed by atoms with Crippen molar-refractivity contribution in [2.45, 2.75) is 13.8 Å². The normalized spacial score (nSPS) is 10.6. The van der Waals surface area contributed by atoms with Crippen LogP contribution < -0.4 is 46.9 Å². The monoisotopic (exact) mass is 892 g/mol. The van der Waals surface area contributed by atoms with Crippen LogP contribution >= 0.6 is 46.4 Å². The van der Waals surface area contributed by atoms with Crippen molar-refractivity contribution >= 4 is 114 Å². The highest BCUT2D eigenvalue weighted by Crippen LogP contribution is 2.27. The molecule has 0 spiro atoms. The van der Waals surface area contributed by atoms with Gasteiger partial charge >= 0.3 is 12.1 Å². The van der Waals surface area contributed by atoms with E-state index in [1.807, 2.05) is 117 Å². The number of para-hydroxylation sites is 1. The maximum atomic E-state index is 12.4. The highest BCUT2D eigenvalue weighted by atomic mass is 35.5. The number of urea groups is 2. The molecule has 0 saturated heterocycles. The third kappa shape index (κ3) is 13.2. The summed E-state index contributed by atoms with van der Waals surface area (Å²) < 4.78 is 5.30. The minimum atomic E-state index is -0.392. The Morgan fingerprint density at radius 3 is 1.45 bits per heavy atom. The van der Waals surface area contributed by atoms with Crippen molar-refractivity contribution in [3.8, 4) is 5.75 Å². The standard InChI is InChI=1S/C22H25Cl2N5O2.C21H23Cl2N5O/c1-15-13-21(19-14-18(31-2)7-8-20(19)25-15)27-28-22(30)26-16-3-5-17(6-4-16)29(11-9-23)12-10-24;1-15-14-20(18-4-2-3-5-19(18)24-15)26-27-21(29)25-16-6-8-17(9-7-16)28(12-10-22)13-11-23/h3-8,13-14H,9-12H2,1-2H3,(H,25,27)(H2,26,28,30);2-9,14H,10-13H2,1H3,(H,24,26)(H2,25,27,29). The van der Waals surface area contributed by atoms with E-state index in [0.29, 0.717) is 66.8 Å². The van der Waals surface area contributed by atoms with E-state index in [1.165, 1.54) is 0 Å². The Balaban J connectivity index is 0.000000228. The van der Waals surface area contributed by atoms with Gasteiger partial charge in [-0.15, -0.1) is 46.4 Å². The molecule has 4 amide bonds. The van der Waals surface area contributed by atoms with Crippen LogP contribution in [0.4, 0.5) is 43.7 Å². The van der Waals surface area contributed by atoms with E-state index in [0.717, 1.165) is 55.9 Å². The van der Waals surface area contributed by atoms with Crippen molar-refractivity contribution in [2.24, 2.45) is 0 Å². The van der Waals surface area contributed by atoms with Gasteiger partial charge in [-0.25, -0.2) is 9.59 Å². The smallest absolute Gasteiger partial charge is 0.337 e. The molecular formula is C43H48Cl4N10O3. The molecule has 0 saturated carbocycles. The SMILES string of the molecule is COc1ccc2nc(C)cc(NNC(=O)Nc3ccc(N(CCCl)CCCl)cc3)c2c1.Cc1cc(NNC(=O)Nc2ccc(N(CCCl)CCCl)cc2)c2ccccc2n1. The number of methoxy groups -OCH3 is 1. The summed E-state index contributed by atoms with van der Waals surface area (Å²) in [7, 11) is 1.61. The van der Waals surface area contributed by atoms with E-state index in [1.54, 1.807) is 7.11 Å². The van der Waals surface area contributed by atoms with Gasteiger partial charge in [0.05, 0.1) is 29.5 Å². The lowest BCUT2D eigenvalue weighted by atomic mass is 10.1. The number of carbonyl (C=O) groups is 2. The zero-order chi connectivity index (χ0) is 42.9. The molecule has 0 fully saturated rings. The Hall–Kier alpha value is -5.60. The zero-order valence-electron chi connectivity index (χ0n) is 33.5. The molecule has 17 heteroatoms. The third-order valence-corrected chi connectivity index (χ3v) is 9.68. The van der Waals surface area contributed by atoms with Crippen LogP contribution in [-0.4, -0.2) is 78.8 Å². The van der Waals surface area contributed by atoms with Crippen LogP contribution in [0, 0.1) is 13.8 Å². The number of fused-ring (bicyclic) bond motifs is 2. The van der Waals surface area contributed by atoms with Gasteiger partial charge < -0.3 is 25.2 Å². The molecule has 60 heavy (non-hydrogen) atoms. The van der Waals surface area contributed by atoms with Crippen LogP contribution in [0.1, 0.15) is 11.4 Å². The average Bonchev–Trinajstić information content (AvgIpc) is 3.25. The summed E-state index contributed by atoms with van der Waals surface area (Å²) in [5.41, 5.74) is 19.5. The number of ether oxygens (including phenoxy) is 1. The minimum absolute atomic E-state index is 0.366. The van der Waals surface area contributed by atoms with E-state index in [4.69, 9.17) is 51.1 Å². The number of hydrazine groups is 2. The average molecular weight is 895 g/mol. The van der Waals surface area contributed by atoms with Crippen molar-refractivity contribution in [3.63, 3.8) is 0 Å². The van der Waals surface area contributed by atoms with E-state index < -0.39 is 6.03 Å². The number of pyridine rings is 2. The van der Waals surface area contributed by atoms with Gasteiger partial charge in [0.25, 0.3) is 0 Å². The number of benzene rings is 4. The summed E-state index contributed by atoms with van der Waals surface area (Å²) in [5.74, 6) is 2.78. The topological polar surface area (TPSA) is 148 Å². The maximum Gasteiger partial charge on any atom is 0.337 e. The molecule has 6 N–H and O–H groups in total. The summed E-state index contributed by atoms with van der Waals surface area (Å²) in [4.78, 5) is 37.9. The number of anilines is 6. The first-order valence-corrected chi connectivity index (χ1v) is 21.2. The number of nitrogens with zero attached hydrogens (tertiary/aromatic N) is 4. The summed E-state index contributed by atoms with van der Waals surface area (Å²) in [6.45, 7) is 6.64. The molecule has 4 aromatic carbocycles. The van der Waals surface area contributed by atoms with Gasteiger partial charge in [-0.2, -0.15) is 0 Å². The molecule has 0 radical (unpaired) electrons. The second-order valence-corrected chi connectivity index (χ2v) is 14.8. The molecule has 2 heterocycles. The summed E-state index contributed by atoms with van der Waals surface area (Å²) >= 11 is 23.4. The number of aryl methyl sites for hydroxylation is 2. The van der Waals surface area contributed by atoms with Crippen LogP contribution in [0.3, 0.4) is 0 Å². The lowest BCUT2D eigenvalue weighted by Gasteiger charge is -2.23. The largest absolute Gasteiger partial charge is 0.497 e. The number of nitrogens with one attached hydrogen (secondary N) is 6. The Labute approximate surface area is 370 Å². The van der Waals surface area contributed by atoms with Gasteiger partial charge in [-0.1, -0.05) is 18.2 Å². The fraction of sp³-hybridized carbons (Fsp3) is 0.256. The van der Waals surface area contributed by atoms with Crippen molar-refractivity contribution < 1.29 is 14.3 Å². The number of hydrogen-bond donors (Lipinski definition) is 6. The fourth-order valence-corrected chi connectivity index (χ4v) is 7.03. The Kier molecular flexibility index (Phi) is 17.6. The van der Waals surface area contributed by atoms with Crippen molar-refractivity contribution in [1.29, 1.82) is 0 Å². The highest BCUT2D eigenvalue weighted by molar-refractivity contribution is 6.19. The molecule has 0 aliphatic heterocycles. The van der Waals surface area contributed by atoms with Crippen LogP contribution in [0.5, 0.6) is 5.75 Å². The third-order valence-electron chi connectivity index (χ3n) is 9.01. The van der Waals surface area contributed by atoms with Crippen LogP contribution in [0.15, 0.2) is 103 Å². The number of alkyl halides is 4. The quantitative estimate of drug-likeness (QED) is 0.0389. The fourth-order valence-electron chi connectivity index (χ4n) is 6.21. The predicted octanol–water partition coefficient (Wildman–Crippen LogP) is 9.96. The molecule has 13 nitrogen and oxygen atoms in total. The molecule has 6 rings (SSSR count). The zero-order valence-corrected chi connectivity index (χ0v) is 36.5. The number of hydrogen-bond acceptors (Lipinski definition) is 9. The van der Waals surface area contributed by atoms with E-state index >= 15 is 0 Å². The van der Waals surface area contributed by atoms with Crippen LogP contribution in [0.2, 0.25) is 0 Å². The summed E-state index contributed by atoms with van der Waals surface area (Å²) in [6.07, 6.45) is 0. The first-order chi connectivity index (χ1) is 29.1. The molecule has 0 unspecified atom stereocenters. The molecule has 0 aliphatic rings. The van der Waals surface area contributed by atoms with Gasteiger partial charge in [0.15, 0.2) is 0 Å². The van der Waals surface area contributed by atoms with Gasteiger partial charge in [0.2, 0.25) is 0 Å². The Morgan fingerprint density at radius 2 is 1.00 bits per heavy atom. The molecule has 316 valence electrons. The number of rotatable bonds is 17. The number of aromatic nitrogens is 2. The Morgan fingerprint density at radius 1 is 0.567 bits per heavy atom. The minimum Gasteiger partial charge on any atom is -0.497 e. The van der Waals surface area contributed by atoms with Gasteiger partial charge in [-0.3, -0.25) is 31.7 Å². The molecule has 0 aliphatic carbocycles. The van der Waals surface area contributed by atoms with Gasteiger partial charge in [0.1, 0.15) is 5.75 Å². The lowest BCUT2D eigenvalue weighted by Crippen LogP contribution is -2.33. The molecule has 0 bridgehead atoms. The predicted molar refractivity (Wildman–Crippen MR) is 251 cm³/mol. The maximum absolute atomic E-state index is 12.4. The van der Waals surface area contributed by atoms with E-state index in [-0.39, 0.29) is 6.03 Å². The highest BCUT2D eigenvalue weighted by Gasteiger charge is 2.11. The first-order valence-electron chi connectivity index (χ1n) is 19.1. The van der Waals surface area contributed by atoms with Crippen LogP contribution in [-0.2, 0) is 0 Å². The lowest BCUT2D eigenvalue weighted by molar-refractivity contribution is 0.253. The Bertz CT molecular complexity index is 2310. The molecule has 6 aromatic rings. The van der Waals surface area contributed by atoms with Crippen molar-refractivity contribution in [3.05, 3.63) is 115 Å². The number of carbonyl (C=O) groups excluding carboxylic acids is 2. The van der Waals surface area contributed by atoms with Gasteiger partial charge in [0, 0.05) is 94.6 Å². The second-order valence-electron chi connectivity index (χ2n) is 13.3. The van der Waals surface area contributed by atoms with Gasteiger partial charge in [-0.05, 0) is 98.8 Å². The molecule has 2 aromatic heterocycles. The van der Waals surface area contributed by atoms with Crippen molar-refractivity contribution in [2.75, 3.05) is 88.1 Å². The summed E-state index contributed by atoms with van der Waals surface area (Å²) in [6, 6.07) is 31.4. The molecular weight excluding hydrogens is 846 g/mol. The summed E-state index contributed by atoms with van der Waals surface area (Å²) in [5, 5.41) is 7.38.